The molecule has 1 aliphatic heterocycles. The highest BCUT2D eigenvalue weighted by atomic mass is 32.2. The largest absolute Gasteiger partial charge is 0.496 e. The van der Waals surface area contributed by atoms with Crippen molar-refractivity contribution in [1.29, 1.82) is 0 Å². The molecule has 0 atom stereocenters. The predicted octanol–water partition coefficient (Wildman–Crippen LogP) is 3.96. The van der Waals surface area contributed by atoms with Crippen LogP contribution in [0.15, 0.2) is 41.3 Å². The third-order valence-electron chi connectivity index (χ3n) is 4.99. The minimum atomic E-state index is -3.73. The molecule has 1 aliphatic rings. The molecule has 0 bridgehead atoms. The Labute approximate surface area is 170 Å². The fourth-order valence-electron chi connectivity index (χ4n) is 3.37. The van der Waals surface area contributed by atoms with Crippen molar-refractivity contribution in [1.82, 2.24) is 4.31 Å². The third kappa shape index (κ3) is 4.76. The van der Waals surface area contributed by atoms with Crippen LogP contribution in [0.5, 0.6) is 5.75 Å². The number of hydrogen-bond donors (Lipinski definition) is 1. The number of ether oxygens (including phenoxy) is 1. The Morgan fingerprint density at radius 2 is 1.76 bits per heavy atom. The fraction of sp³-hybridized carbons (Fsp3) is 0.381. The van der Waals surface area contributed by atoms with Gasteiger partial charge in [0.15, 0.2) is 0 Å². The van der Waals surface area contributed by atoms with E-state index in [0.717, 1.165) is 31.2 Å². The van der Waals surface area contributed by atoms with Crippen LogP contribution in [0.25, 0.3) is 0 Å². The van der Waals surface area contributed by atoms with Crippen LogP contribution >= 0.6 is 0 Å². The van der Waals surface area contributed by atoms with Crippen molar-refractivity contribution in [3.8, 4) is 5.75 Å². The van der Waals surface area contributed by atoms with Gasteiger partial charge in [-0.3, -0.25) is 4.79 Å². The highest BCUT2D eigenvalue weighted by Crippen LogP contribution is 2.27. The first-order valence-electron chi connectivity index (χ1n) is 9.58. The van der Waals surface area contributed by atoms with Crippen LogP contribution in [0.2, 0.25) is 0 Å². The lowest BCUT2D eigenvalue weighted by Crippen LogP contribution is -2.32. The van der Waals surface area contributed by atoms with Crippen molar-refractivity contribution in [3.05, 3.63) is 53.3 Å². The molecule has 0 radical (unpaired) electrons. The second kappa shape index (κ2) is 8.92. The number of nitrogens with one attached hydrogen (secondary N) is 1. The van der Waals surface area contributed by atoms with Gasteiger partial charge in [-0.1, -0.05) is 18.9 Å². The van der Waals surface area contributed by atoms with Gasteiger partial charge in [-0.2, -0.15) is 4.31 Å². The molecule has 1 amide bonds. The monoisotopic (exact) mass is 420 g/mol. The molecule has 156 valence electrons. The smallest absolute Gasteiger partial charge is 0.259 e. The van der Waals surface area contributed by atoms with E-state index in [1.807, 2.05) is 0 Å². The summed E-state index contributed by atoms with van der Waals surface area (Å²) < 4.78 is 46.9. The van der Waals surface area contributed by atoms with Crippen molar-refractivity contribution in [2.24, 2.45) is 0 Å². The molecule has 1 fully saturated rings. The molecule has 3 rings (SSSR count). The molecule has 0 saturated carbocycles. The molecule has 6 nitrogen and oxygen atoms in total. The Bertz CT molecular complexity index is 1000. The average molecular weight is 421 g/mol. The molecule has 1 heterocycles. The Hall–Kier alpha value is -2.45. The van der Waals surface area contributed by atoms with E-state index in [2.05, 4.69) is 5.32 Å². The molecule has 29 heavy (non-hydrogen) atoms. The molecule has 0 unspecified atom stereocenters. The van der Waals surface area contributed by atoms with Crippen molar-refractivity contribution >= 4 is 21.6 Å². The van der Waals surface area contributed by atoms with Gasteiger partial charge in [-0.05, 0) is 55.7 Å². The van der Waals surface area contributed by atoms with Gasteiger partial charge in [0.1, 0.15) is 11.6 Å². The second-order valence-electron chi connectivity index (χ2n) is 7.12. The first-order chi connectivity index (χ1) is 13.8. The standard InChI is InChI=1S/C21H25FN2O4S/c1-15-7-9-19(18(22)13-15)23-21(25)17-14-16(8-10-20(17)28-2)29(26,27)24-11-5-3-4-6-12-24/h7-10,13-14H,3-6,11-12H2,1-2H3,(H,23,25). The van der Waals surface area contributed by atoms with Crippen LogP contribution in [0, 0.1) is 12.7 Å². The minimum absolute atomic E-state index is 0.0171. The molecule has 2 aromatic rings. The molecule has 0 aromatic heterocycles. The molecular weight excluding hydrogens is 395 g/mol. The summed E-state index contributed by atoms with van der Waals surface area (Å²) in [5.41, 5.74) is 0.774. The molecule has 1 saturated heterocycles. The van der Waals surface area contributed by atoms with Gasteiger partial charge in [-0.15, -0.1) is 0 Å². The summed E-state index contributed by atoms with van der Waals surface area (Å²) in [6.45, 7) is 2.67. The number of aryl methyl sites for hydroxylation is 1. The van der Waals surface area contributed by atoms with Crippen molar-refractivity contribution in [2.75, 3.05) is 25.5 Å². The van der Waals surface area contributed by atoms with E-state index >= 15 is 0 Å². The maximum absolute atomic E-state index is 14.1. The Morgan fingerprint density at radius 1 is 1.07 bits per heavy atom. The van der Waals surface area contributed by atoms with E-state index in [0.29, 0.717) is 13.1 Å². The molecule has 0 aliphatic carbocycles. The Morgan fingerprint density at radius 3 is 2.38 bits per heavy atom. The van der Waals surface area contributed by atoms with Gasteiger partial charge < -0.3 is 10.1 Å². The Kier molecular flexibility index (Phi) is 6.54. The van der Waals surface area contributed by atoms with Crippen LogP contribution in [-0.2, 0) is 10.0 Å². The van der Waals surface area contributed by atoms with Gasteiger partial charge in [0, 0.05) is 13.1 Å². The zero-order valence-corrected chi connectivity index (χ0v) is 17.4. The number of rotatable bonds is 5. The topological polar surface area (TPSA) is 75.7 Å². The lowest BCUT2D eigenvalue weighted by Gasteiger charge is -2.20. The molecule has 0 spiro atoms. The number of halogens is 1. The van der Waals surface area contributed by atoms with E-state index in [-0.39, 0.29) is 21.9 Å². The Balaban J connectivity index is 1.93. The third-order valence-corrected chi connectivity index (χ3v) is 6.89. The number of amides is 1. The summed E-state index contributed by atoms with van der Waals surface area (Å²) in [6, 6.07) is 8.63. The van der Waals surface area contributed by atoms with Crippen LogP contribution in [0.1, 0.15) is 41.6 Å². The summed E-state index contributed by atoms with van der Waals surface area (Å²) in [5, 5.41) is 2.49. The average Bonchev–Trinajstić information content (AvgIpc) is 2.99. The maximum Gasteiger partial charge on any atom is 0.259 e. The first-order valence-corrected chi connectivity index (χ1v) is 11.0. The molecule has 1 N–H and O–H groups in total. The van der Waals surface area contributed by atoms with Crippen LogP contribution < -0.4 is 10.1 Å². The summed E-state index contributed by atoms with van der Waals surface area (Å²) in [7, 11) is -2.34. The van der Waals surface area contributed by atoms with Crippen molar-refractivity contribution in [2.45, 2.75) is 37.5 Å². The maximum atomic E-state index is 14.1. The van der Waals surface area contributed by atoms with Crippen LogP contribution in [-0.4, -0.2) is 38.8 Å². The number of nitrogens with zero attached hydrogens (tertiary/aromatic N) is 1. The number of hydrogen-bond acceptors (Lipinski definition) is 4. The van der Waals surface area contributed by atoms with E-state index in [4.69, 9.17) is 4.74 Å². The number of carbonyl (C=O) groups is 1. The molecular formula is C21H25FN2O4S. The van der Waals surface area contributed by atoms with E-state index in [1.54, 1.807) is 13.0 Å². The summed E-state index contributed by atoms with van der Waals surface area (Å²) in [6.07, 6.45) is 3.64. The highest BCUT2D eigenvalue weighted by molar-refractivity contribution is 7.89. The van der Waals surface area contributed by atoms with Gasteiger partial charge in [0.2, 0.25) is 10.0 Å². The fourth-order valence-corrected chi connectivity index (χ4v) is 4.91. The van der Waals surface area contributed by atoms with Gasteiger partial charge in [0.05, 0.1) is 23.3 Å². The predicted molar refractivity (Wildman–Crippen MR) is 109 cm³/mol. The zero-order valence-electron chi connectivity index (χ0n) is 16.6. The summed E-state index contributed by atoms with van der Waals surface area (Å²) in [4.78, 5) is 12.8. The highest BCUT2D eigenvalue weighted by Gasteiger charge is 2.27. The van der Waals surface area contributed by atoms with Crippen molar-refractivity contribution in [3.63, 3.8) is 0 Å². The van der Waals surface area contributed by atoms with Crippen molar-refractivity contribution < 1.29 is 22.3 Å². The number of methoxy groups -OCH3 is 1. The van der Waals surface area contributed by atoms with E-state index in [1.165, 1.54) is 41.7 Å². The SMILES string of the molecule is COc1ccc(S(=O)(=O)N2CCCCCC2)cc1C(=O)Nc1ccc(C)cc1F. The first kappa shape index (κ1) is 21.3. The zero-order chi connectivity index (χ0) is 21.0. The van der Waals surface area contributed by atoms with Gasteiger partial charge in [-0.25, -0.2) is 12.8 Å². The van der Waals surface area contributed by atoms with Gasteiger partial charge >= 0.3 is 0 Å². The summed E-state index contributed by atoms with van der Waals surface area (Å²) in [5.74, 6) is -0.993. The number of carbonyl (C=O) groups excluding carboxylic acids is 1. The van der Waals surface area contributed by atoms with Crippen LogP contribution in [0.3, 0.4) is 0 Å². The second-order valence-corrected chi connectivity index (χ2v) is 9.06. The lowest BCUT2D eigenvalue weighted by atomic mass is 10.1. The van der Waals surface area contributed by atoms with Gasteiger partial charge in [0.25, 0.3) is 5.91 Å². The summed E-state index contributed by atoms with van der Waals surface area (Å²) >= 11 is 0. The number of benzene rings is 2. The van der Waals surface area contributed by atoms with E-state index < -0.39 is 21.7 Å². The number of sulfonamides is 1. The minimum Gasteiger partial charge on any atom is -0.496 e. The lowest BCUT2D eigenvalue weighted by molar-refractivity contribution is 0.102. The normalized spacial score (nSPS) is 15.6. The number of anilines is 1. The quantitative estimate of drug-likeness (QED) is 0.794. The van der Waals surface area contributed by atoms with E-state index in [9.17, 15) is 17.6 Å². The molecule has 8 heteroatoms. The van der Waals surface area contributed by atoms with Crippen LogP contribution in [0.4, 0.5) is 10.1 Å². The molecule has 2 aromatic carbocycles.